The van der Waals surface area contributed by atoms with E-state index in [1.165, 1.54) is 0 Å². The van der Waals surface area contributed by atoms with Gasteiger partial charge < -0.3 is 9.84 Å². The predicted octanol–water partition coefficient (Wildman–Crippen LogP) is 3.62. The zero-order chi connectivity index (χ0) is 14.6. The summed E-state index contributed by atoms with van der Waals surface area (Å²) in [5.74, 6) is -0.556. The quantitative estimate of drug-likeness (QED) is 0.893. The van der Waals surface area contributed by atoms with E-state index in [1.807, 2.05) is 37.3 Å². The Morgan fingerprint density at radius 3 is 2.60 bits per heavy atom. The van der Waals surface area contributed by atoms with Gasteiger partial charge in [0, 0.05) is 7.11 Å². The van der Waals surface area contributed by atoms with Crippen molar-refractivity contribution in [2.45, 2.75) is 50.5 Å². The molecule has 0 saturated heterocycles. The minimum absolute atomic E-state index is 0.145. The highest BCUT2D eigenvalue weighted by Gasteiger charge is 2.47. The van der Waals surface area contributed by atoms with Gasteiger partial charge in [0.05, 0.1) is 11.5 Å². The molecule has 0 spiro atoms. The molecule has 1 N–H and O–H groups in total. The van der Waals surface area contributed by atoms with Gasteiger partial charge in [0.25, 0.3) is 0 Å². The number of carboxylic acid groups (broad SMARTS) is 1. The number of methoxy groups -OCH3 is 1. The molecule has 0 aliphatic heterocycles. The molecule has 110 valence electrons. The smallest absolute Gasteiger partial charge is 0.314 e. The van der Waals surface area contributed by atoms with Gasteiger partial charge in [-0.2, -0.15) is 0 Å². The lowest BCUT2D eigenvalue weighted by Gasteiger charge is -2.41. The number of carboxylic acids is 1. The molecule has 1 aliphatic rings. The maximum atomic E-state index is 12.1. The molecule has 1 aromatic rings. The number of carbonyl (C=O) groups is 1. The van der Waals surface area contributed by atoms with Crippen molar-refractivity contribution in [1.82, 2.24) is 0 Å². The van der Waals surface area contributed by atoms with Crippen LogP contribution in [-0.4, -0.2) is 24.3 Å². The number of benzene rings is 1. The Kier molecular flexibility index (Phi) is 4.81. The molecule has 3 nitrogen and oxygen atoms in total. The summed E-state index contributed by atoms with van der Waals surface area (Å²) in [4.78, 5) is 12.1. The van der Waals surface area contributed by atoms with Crippen LogP contribution in [0.2, 0.25) is 0 Å². The van der Waals surface area contributed by atoms with E-state index >= 15 is 0 Å². The van der Waals surface area contributed by atoms with Gasteiger partial charge in [-0.15, -0.1) is 0 Å². The first-order chi connectivity index (χ1) is 9.65. The third kappa shape index (κ3) is 2.59. The van der Waals surface area contributed by atoms with Gasteiger partial charge >= 0.3 is 5.97 Å². The average Bonchev–Trinajstić information content (AvgIpc) is 2.49. The molecule has 3 unspecified atom stereocenters. The number of ether oxygens (including phenoxy) is 1. The molecule has 0 bridgehead atoms. The minimum atomic E-state index is -0.779. The van der Waals surface area contributed by atoms with Crippen LogP contribution in [0.15, 0.2) is 30.3 Å². The summed E-state index contributed by atoms with van der Waals surface area (Å²) in [5, 5.41) is 9.95. The average molecular weight is 276 g/mol. The summed E-state index contributed by atoms with van der Waals surface area (Å²) in [6.07, 6.45) is 4.71. The molecule has 3 heteroatoms. The lowest BCUT2D eigenvalue weighted by atomic mass is 9.63. The highest BCUT2D eigenvalue weighted by atomic mass is 16.5. The summed E-state index contributed by atoms with van der Waals surface area (Å²) in [7, 11) is 1.73. The van der Waals surface area contributed by atoms with Crippen molar-refractivity contribution < 1.29 is 14.6 Å². The SMILES string of the molecule is CCC(C(=O)O)(c1ccccc1)C1CCCC(OC)C1. The lowest BCUT2D eigenvalue weighted by molar-refractivity contribution is -0.148. The van der Waals surface area contributed by atoms with Crippen molar-refractivity contribution in [3.8, 4) is 0 Å². The highest BCUT2D eigenvalue weighted by molar-refractivity contribution is 5.81. The Balaban J connectivity index is 2.39. The van der Waals surface area contributed by atoms with E-state index < -0.39 is 11.4 Å². The van der Waals surface area contributed by atoms with E-state index in [1.54, 1.807) is 7.11 Å². The molecule has 0 amide bonds. The second-order valence-corrected chi connectivity index (χ2v) is 5.72. The summed E-state index contributed by atoms with van der Waals surface area (Å²) < 4.78 is 5.48. The molecular formula is C17H24O3. The fourth-order valence-corrected chi connectivity index (χ4v) is 3.72. The van der Waals surface area contributed by atoms with Crippen LogP contribution in [0.25, 0.3) is 0 Å². The van der Waals surface area contributed by atoms with Crippen LogP contribution in [0.3, 0.4) is 0 Å². The number of hydrogen-bond donors (Lipinski definition) is 1. The maximum Gasteiger partial charge on any atom is 0.314 e. The van der Waals surface area contributed by atoms with Gasteiger partial charge in [0.15, 0.2) is 0 Å². The number of rotatable bonds is 5. The van der Waals surface area contributed by atoms with Crippen molar-refractivity contribution in [2.24, 2.45) is 5.92 Å². The van der Waals surface area contributed by atoms with Crippen LogP contribution in [0.1, 0.15) is 44.6 Å². The second kappa shape index (κ2) is 6.40. The first kappa shape index (κ1) is 15.0. The van der Waals surface area contributed by atoms with E-state index in [-0.39, 0.29) is 12.0 Å². The summed E-state index contributed by atoms with van der Waals surface area (Å²) in [6, 6.07) is 9.70. The zero-order valence-corrected chi connectivity index (χ0v) is 12.3. The monoisotopic (exact) mass is 276 g/mol. The van der Waals surface area contributed by atoms with Gasteiger partial charge in [-0.05, 0) is 37.2 Å². The van der Waals surface area contributed by atoms with Crippen molar-refractivity contribution in [3.63, 3.8) is 0 Å². The third-order valence-corrected chi connectivity index (χ3v) is 4.88. The lowest BCUT2D eigenvalue weighted by Crippen LogP contribution is -2.45. The van der Waals surface area contributed by atoms with Crippen LogP contribution in [0.4, 0.5) is 0 Å². The topological polar surface area (TPSA) is 46.5 Å². The number of hydrogen-bond acceptors (Lipinski definition) is 2. The van der Waals surface area contributed by atoms with Gasteiger partial charge in [-0.25, -0.2) is 0 Å². The van der Waals surface area contributed by atoms with Crippen molar-refractivity contribution in [1.29, 1.82) is 0 Å². The Morgan fingerprint density at radius 1 is 1.35 bits per heavy atom. The standard InChI is InChI=1S/C17H24O3/c1-3-17(16(18)19,13-8-5-4-6-9-13)14-10-7-11-15(12-14)20-2/h4-6,8-9,14-15H,3,7,10-12H2,1-2H3,(H,18,19). The van der Waals surface area contributed by atoms with Crippen LogP contribution >= 0.6 is 0 Å². The molecule has 0 heterocycles. The Morgan fingerprint density at radius 2 is 2.05 bits per heavy atom. The van der Waals surface area contributed by atoms with E-state index in [0.29, 0.717) is 6.42 Å². The molecule has 20 heavy (non-hydrogen) atoms. The Labute approximate surface area is 121 Å². The van der Waals surface area contributed by atoms with Gasteiger partial charge in [0.2, 0.25) is 0 Å². The van der Waals surface area contributed by atoms with E-state index in [0.717, 1.165) is 31.2 Å². The molecule has 0 radical (unpaired) electrons. The van der Waals surface area contributed by atoms with Gasteiger partial charge in [-0.3, -0.25) is 4.79 Å². The van der Waals surface area contributed by atoms with E-state index in [2.05, 4.69) is 0 Å². The first-order valence-corrected chi connectivity index (χ1v) is 7.46. The van der Waals surface area contributed by atoms with Crippen molar-refractivity contribution >= 4 is 5.97 Å². The molecule has 1 aromatic carbocycles. The summed E-state index contributed by atoms with van der Waals surface area (Å²) >= 11 is 0. The summed E-state index contributed by atoms with van der Waals surface area (Å²) in [6.45, 7) is 1.98. The Bertz CT molecular complexity index is 443. The first-order valence-electron chi connectivity index (χ1n) is 7.46. The largest absolute Gasteiger partial charge is 0.481 e. The van der Waals surface area contributed by atoms with Crippen LogP contribution in [0.5, 0.6) is 0 Å². The third-order valence-electron chi connectivity index (χ3n) is 4.88. The molecular weight excluding hydrogens is 252 g/mol. The zero-order valence-electron chi connectivity index (χ0n) is 12.3. The molecule has 3 atom stereocenters. The predicted molar refractivity (Wildman–Crippen MR) is 78.8 cm³/mol. The molecule has 1 fully saturated rings. The summed E-state index contributed by atoms with van der Waals surface area (Å²) in [5.41, 5.74) is 0.148. The highest BCUT2D eigenvalue weighted by Crippen LogP contribution is 2.44. The van der Waals surface area contributed by atoms with Crippen molar-refractivity contribution in [3.05, 3.63) is 35.9 Å². The van der Waals surface area contributed by atoms with E-state index in [4.69, 9.17) is 4.74 Å². The maximum absolute atomic E-state index is 12.1. The van der Waals surface area contributed by atoms with E-state index in [9.17, 15) is 9.90 Å². The second-order valence-electron chi connectivity index (χ2n) is 5.72. The number of aliphatic carboxylic acids is 1. The normalized spacial score (nSPS) is 25.9. The molecule has 1 aliphatic carbocycles. The van der Waals surface area contributed by atoms with Crippen LogP contribution < -0.4 is 0 Å². The van der Waals surface area contributed by atoms with Gasteiger partial charge in [0.1, 0.15) is 0 Å². The van der Waals surface area contributed by atoms with Crippen LogP contribution in [0, 0.1) is 5.92 Å². The molecule has 0 aromatic heterocycles. The van der Waals surface area contributed by atoms with Crippen LogP contribution in [-0.2, 0) is 14.9 Å². The Hall–Kier alpha value is -1.35. The molecule has 1 saturated carbocycles. The van der Waals surface area contributed by atoms with Crippen molar-refractivity contribution in [2.75, 3.05) is 7.11 Å². The minimum Gasteiger partial charge on any atom is -0.481 e. The molecule has 2 rings (SSSR count). The fourth-order valence-electron chi connectivity index (χ4n) is 3.72. The fraction of sp³-hybridized carbons (Fsp3) is 0.588. The van der Waals surface area contributed by atoms with Gasteiger partial charge in [-0.1, -0.05) is 43.7 Å².